The van der Waals surface area contributed by atoms with Gasteiger partial charge in [-0.25, -0.2) is 0 Å². The minimum Gasteiger partial charge on any atom is -0.460 e. The van der Waals surface area contributed by atoms with Crippen molar-refractivity contribution in [2.45, 2.75) is 19.9 Å². The quantitative estimate of drug-likeness (QED) is 0.488. The second kappa shape index (κ2) is 6.67. The van der Waals surface area contributed by atoms with E-state index in [9.17, 15) is 10.1 Å². The van der Waals surface area contributed by atoms with Crippen LogP contribution in [0.15, 0.2) is 39.2 Å². The van der Waals surface area contributed by atoms with Crippen molar-refractivity contribution in [3.05, 3.63) is 50.7 Å². The molecule has 2 rings (SSSR count). The Morgan fingerprint density at radius 1 is 1.35 bits per heavy atom. The van der Waals surface area contributed by atoms with E-state index in [1.54, 1.807) is 6.07 Å². The van der Waals surface area contributed by atoms with Crippen LogP contribution in [0.2, 0.25) is 0 Å². The molecule has 1 aromatic carbocycles. The van der Waals surface area contributed by atoms with Gasteiger partial charge in [-0.1, -0.05) is 22.9 Å². The van der Waals surface area contributed by atoms with E-state index in [1.165, 1.54) is 12.1 Å². The van der Waals surface area contributed by atoms with Gasteiger partial charge in [-0.2, -0.15) is 0 Å². The van der Waals surface area contributed by atoms with Crippen molar-refractivity contribution in [2.75, 3.05) is 6.54 Å². The van der Waals surface area contributed by atoms with Gasteiger partial charge in [0, 0.05) is 22.2 Å². The van der Waals surface area contributed by atoms with Crippen LogP contribution in [0.1, 0.15) is 19.1 Å². The number of rotatable bonds is 6. The van der Waals surface area contributed by atoms with Gasteiger partial charge in [0.25, 0.3) is 5.69 Å². The molecule has 0 radical (unpaired) electrons. The number of nitrogens with zero attached hydrogens (tertiary/aromatic N) is 1. The Hall–Kier alpha value is -1.66. The maximum absolute atomic E-state index is 10.8. The maximum atomic E-state index is 10.8. The minimum absolute atomic E-state index is 0.0465. The van der Waals surface area contributed by atoms with Crippen LogP contribution in [-0.4, -0.2) is 11.5 Å². The van der Waals surface area contributed by atoms with Crippen molar-refractivity contribution in [1.29, 1.82) is 0 Å². The number of halogens is 1. The van der Waals surface area contributed by atoms with Gasteiger partial charge in [0.05, 0.1) is 11.5 Å². The average molecular weight is 339 g/mol. The van der Waals surface area contributed by atoms with E-state index in [1.807, 2.05) is 12.1 Å². The van der Waals surface area contributed by atoms with E-state index in [4.69, 9.17) is 4.42 Å². The lowest BCUT2D eigenvalue weighted by atomic mass is 10.1. The molecule has 0 atom stereocenters. The van der Waals surface area contributed by atoms with Crippen molar-refractivity contribution in [1.82, 2.24) is 5.32 Å². The van der Waals surface area contributed by atoms with Crippen molar-refractivity contribution >= 4 is 21.6 Å². The van der Waals surface area contributed by atoms with E-state index in [0.29, 0.717) is 17.9 Å². The molecule has 0 bridgehead atoms. The Balaban J connectivity index is 2.23. The fraction of sp³-hybridized carbons (Fsp3) is 0.286. The van der Waals surface area contributed by atoms with Crippen molar-refractivity contribution in [3.63, 3.8) is 0 Å². The van der Waals surface area contributed by atoms with Crippen LogP contribution in [0.25, 0.3) is 11.3 Å². The first-order chi connectivity index (χ1) is 9.61. The first kappa shape index (κ1) is 14.7. The van der Waals surface area contributed by atoms with E-state index < -0.39 is 4.92 Å². The molecule has 0 aliphatic rings. The van der Waals surface area contributed by atoms with Gasteiger partial charge in [0.2, 0.25) is 0 Å². The van der Waals surface area contributed by atoms with Crippen molar-refractivity contribution in [2.24, 2.45) is 0 Å². The monoisotopic (exact) mass is 338 g/mol. The van der Waals surface area contributed by atoms with Crippen LogP contribution in [0, 0.1) is 10.1 Å². The molecule has 1 aromatic heterocycles. The molecule has 5 nitrogen and oxygen atoms in total. The summed E-state index contributed by atoms with van der Waals surface area (Å²) in [5.41, 5.74) is 0.728. The number of nitro groups is 1. The molecule has 0 fully saturated rings. The molecular weight excluding hydrogens is 324 g/mol. The second-order valence-electron chi connectivity index (χ2n) is 4.36. The summed E-state index contributed by atoms with van der Waals surface area (Å²) in [4.78, 5) is 10.4. The highest BCUT2D eigenvalue weighted by Crippen LogP contribution is 2.32. The van der Waals surface area contributed by atoms with Crippen molar-refractivity contribution < 1.29 is 9.34 Å². The Morgan fingerprint density at radius 2 is 2.15 bits per heavy atom. The van der Waals surface area contributed by atoms with Gasteiger partial charge in [-0.3, -0.25) is 10.1 Å². The number of hydrogen-bond acceptors (Lipinski definition) is 4. The van der Waals surface area contributed by atoms with Crippen LogP contribution < -0.4 is 5.32 Å². The number of nitrogens with one attached hydrogen (secondary N) is 1. The second-order valence-corrected chi connectivity index (χ2v) is 5.22. The first-order valence-corrected chi connectivity index (χ1v) is 7.15. The van der Waals surface area contributed by atoms with E-state index in [-0.39, 0.29) is 5.69 Å². The summed E-state index contributed by atoms with van der Waals surface area (Å²) >= 11 is 3.39. The lowest BCUT2D eigenvalue weighted by Gasteiger charge is -2.02. The Labute approximate surface area is 125 Å². The van der Waals surface area contributed by atoms with Crippen molar-refractivity contribution in [3.8, 4) is 11.3 Å². The van der Waals surface area contributed by atoms with Gasteiger partial charge in [0.15, 0.2) is 0 Å². The lowest BCUT2D eigenvalue weighted by molar-refractivity contribution is -0.384. The van der Waals surface area contributed by atoms with E-state index in [2.05, 4.69) is 28.2 Å². The molecule has 6 heteroatoms. The third-order valence-corrected chi connectivity index (χ3v) is 3.51. The minimum atomic E-state index is -0.414. The first-order valence-electron chi connectivity index (χ1n) is 6.35. The predicted octanol–water partition coefficient (Wildman–Crippen LogP) is 4.12. The Kier molecular flexibility index (Phi) is 4.92. The predicted molar refractivity (Wildman–Crippen MR) is 80.5 cm³/mol. The zero-order valence-electron chi connectivity index (χ0n) is 11.1. The average Bonchev–Trinajstić information content (AvgIpc) is 2.88. The fourth-order valence-electron chi connectivity index (χ4n) is 1.82. The fourth-order valence-corrected chi connectivity index (χ4v) is 2.26. The molecule has 0 amide bonds. The third kappa shape index (κ3) is 3.46. The highest BCUT2D eigenvalue weighted by atomic mass is 79.9. The molecule has 0 saturated heterocycles. The van der Waals surface area contributed by atoms with Gasteiger partial charge in [0.1, 0.15) is 11.5 Å². The van der Waals surface area contributed by atoms with Gasteiger partial charge in [-0.15, -0.1) is 0 Å². The smallest absolute Gasteiger partial charge is 0.270 e. The molecule has 0 saturated carbocycles. The topological polar surface area (TPSA) is 68.3 Å². The SMILES string of the molecule is CCCNCc1ccc(-c2cc([N+](=O)[O-])ccc2Br)o1. The summed E-state index contributed by atoms with van der Waals surface area (Å²) in [6.07, 6.45) is 1.06. The maximum Gasteiger partial charge on any atom is 0.270 e. The molecule has 106 valence electrons. The number of non-ortho nitro benzene ring substituents is 1. The molecular formula is C14H15BrN2O3. The van der Waals surface area contributed by atoms with Crippen LogP contribution in [0.5, 0.6) is 0 Å². The summed E-state index contributed by atoms with van der Waals surface area (Å²) in [6, 6.07) is 8.33. The molecule has 0 unspecified atom stereocenters. The van der Waals surface area contributed by atoms with Gasteiger partial charge in [-0.05, 0) is 31.2 Å². The largest absolute Gasteiger partial charge is 0.460 e. The van der Waals surface area contributed by atoms with Crippen LogP contribution >= 0.6 is 15.9 Å². The van der Waals surface area contributed by atoms with Crippen LogP contribution in [0.3, 0.4) is 0 Å². The molecule has 0 aliphatic heterocycles. The van der Waals surface area contributed by atoms with Gasteiger partial charge >= 0.3 is 0 Å². The van der Waals surface area contributed by atoms with Gasteiger partial charge < -0.3 is 9.73 Å². The Bertz CT molecular complexity index is 610. The number of benzene rings is 1. The summed E-state index contributed by atoms with van der Waals surface area (Å²) in [6.45, 7) is 3.68. The van der Waals surface area contributed by atoms with E-state index >= 15 is 0 Å². The molecule has 20 heavy (non-hydrogen) atoms. The summed E-state index contributed by atoms with van der Waals surface area (Å²) in [5, 5.41) is 14.1. The standard InChI is InChI=1S/C14H15BrN2O3/c1-2-7-16-9-11-4-6-14(20-11)12-8-10(17(18)19)3-5-13(12)15/h3-6,8,16H,2,7,9H2,1H3. The summed E-state index contributed by atoms with van der Waals surface area (Å²) < 4.78 is 6.49. The van der Waals surface area contributed by atoms with Crippen LogP contribution in [-0.2, 0) is 6.54 Å². The zero-order chi connectivity index (χ0) is 14.5. The number of furan rings is 1. The van der Waals surface area contributed by atoms with E-state index in [0.717, 1.165) is 23.2 Å². The molecule has 1 heterocycles. The molecule has 0 aliphatic carbocycles. The highest BCUT2D eigenvalue weighted by molar-refractivity contribution is 9.10. The molecule has 1 N–H and O–H groups in total. The molecule has 0 spiro atoms. The van der Waals surface area contributed by atoms with Crippen LogP contribution in [0.4, 0.5) is 5.69 Å². The number of nitro benzene ring substituents is 1. The number of hydrogen-bond donors (Lipinski definition) is 1. The lowest BCUT2D eigenvalue weighted by Crippen LogP contribution is -2.12. The summed E-state index contributed by atoms with van der Waals surface area (Å²) in [7, 11) is 0. The Morgan fingerprint density at radius 3 is 2.85 bits per heavy atom. The normalized spacial score (nSPS) is 10.7. The molecule has 2 aromatic rings. The third-order valence-electron chi connectivity index (χ3n) is 2.81. The summed E-state index contributed by atoms with van der Waals surface area (Å²) in [5.74, 6) is 1.43. The zero-order valence-corrected chi connectivity index (χ0v) is 12.6. The highest BCUT2D eigenvalue weighted by Gasteiger charge is 2.13.